The molecule has 38 heavy (non-hydrogen) atoms. The van der Waals surface area contributed by atoms with Crippen molar-refractivity contribution in [3.8, 4) is 0 Å². The summed E-state index contributed by atoms with van der Waals surface area (Å²) in [6.45, 7) is -0.793. The molecule has 5 atom stereocenters. The minimum Gasteiger partial charge on any atom is -0.352 e. The number of amides is 1. The van der Waals surface area contributed by atoms with Crippen LogP contribution in [0, 0.1) is 23.5 Å². The molecule has 6 rings (SSSR count). The quantitative estimate of drug-likeness (QED) is 0.440. The Morgan fingerprint density at radius 1 is 1.13 bits per heavy atom. The highest BCUT2D eigenvalue weighted by molar-refractivity contribution is 5.79. The zero-order chi connectivity index (χ0) is 26.4. The molecule has 1 aromatic carbocycles. The molecule has 3 aliphatic rings. The molecule has 3 aromatic rings. The van der Waals surface area contributed by atoms with E-state index in [4.69, 9.17) is 0 Å². The standard InChI is InChI=1S/C27H30F4N6O/c28-21-2-1-3-22(29)20(21)14-36-13-18(11-27(30,31)15-36)33-26(38)16-4-6-23-19(10-16)25(35-34-23)17-5-7-24-32-8-9-37(24)12-17/h1-3,5,7-9,12,16,18-19,23,25,34-35H,4,6,10-11,13-15H2,(H,33,38)/t16?,18-,19?,23?,25?/m1/s1. The number of carbonyl (C=O) groups excluding carboxylic acids is 1. The van der Waals surface area contributed by atoms with Gasteiger partial charge in [-0.2, -0.15) is 0 Å². The summed E-state index contributed by atoms with van der Waals surface area (Å²) in [6, 6.07) is 6.88. The number of likely N-dealkylation sites (tertiary alicyclic amines) is 1. The second-order valence-electron chi connectivity index (χ2n) is 10.8. The summed E-state index contributed by atoms with van der Waals surface area (Å²) < 4.78 is 59.4. The van der Waals surface area contributed by atoms with Gasteiger partial charge in [-0.25, -0.2) is 28.0 Å². The highest BCUT2D eigenvalue weighted by Gasteiger charge is 2.45. The summed E-state index contributed by atoms with van der Waals surface area (Å²) in [6.07, 6.45) is 7.23. The molecule has 3 N–H and O–H groups in total. The fraction of sp³-hybridized carbons (Fsp3) is 0.481. The van der Waals surface area contributed by atoms with Crippen LogP contribution in [0.1, 0.15) is 42.9 Å². The van der Waals surface area contributed by atoms with Gasteiger partial charge in [0, 0.05) is 61.7 Å². The fourth-order valence-electron chi connectivity index (χ4n) is 6.38. The first-order valence-electron chi connectivity index (χ1n) is 13.0. The average molecular weight is 531 g/mol. The Hall–Kier alpha value is -3.02. The van der Waals surface area contributed by atoms with Crippen molar-refractivity contribution in [2.45, 2.75) is 56.3 Å². The van der Waals surface area contributed by atoms with Crippen LogP contribution in [0.2, 0.25) is 0 Å². The molecule has 3 fully saturated rings. The summed E-state index contributed by atoms with van der Waals surface area (Å²) in [5, 5.41) is 2.84. The number of halogens is 4. The molecule has 202 valence electrons. The van der Waals surface area contributed by atoms with Crippen molar-refractivity contribution < 1.29 is 22.4 Å². The number of piperidine rings is 1. The van der Waals surface area contributed by atoms with E-state index in [9.17, 15) is 22.4 Å². The van der Waals surface area contributed by atoms with E-state index in [1.807, 2.05) is 28.9 Å². The minimum atomic E-state index is -3.08. The maximum atomic E-state index is 14.6. The Kier molecular flexibility index (Phi) is 6.61. The second kappa shape index (κ2) is 9.94. The van der Waals surface area contributed by atoms with E-state index in [0.29, 0.717) is 12.8 Å². The van der Waals surface area contributed by atoms with E-state index in [0.717, 1.165) is 29.8 Å². The number of hydrazine groups is 1. The van der Waals surface area contributed by atoms with Crippen LogP contribution in [-0.2, 0) is 11.3 Å². The number of carbonyl (C=O) groups is 1. The number of pyridine rings is 1. The fourth-order valence-corrected chi connectivity index (χ4v) is 6.38. The smallest absolute Gasteiger partial charge is 0.262 e. The molecule has 2 saturated heterocycles. The molecule has 11 heteroatoms. The van der Waals surface area contributed by atoms with Gasteiger partial charge >= 0.3 is 0 Å². The van der Waals surface area contributed by atoms with Gasteiger partial charge < -0.3 is 9.72 Å². The van der Waals surface area contributed by atoms with E-state index in [1.54, 1.807) is 6.20 Å². The highest BCUT2D eigenvalue weighted by Crippen LogP contribution is 2.40. The van der Waals surface area contributed by atoms with Crippen molar-refractivity contribution in [2.24, 2.45) is 11.8 Å². The predicted octanol–water partition coefficient (Wildman–Crippen LogP) is 3.57. The van der Waals surface area contributed by atoms with Crippen LogP contribution < -0.4 is 16.2 Å². The molecule has 1 saturated carbocycles. The minimum absolute atomic E-state index is 0.00701. The van der Waals surface area contributed by atoms with Gasteiger partial charge in [-0.15, -0.1) is 0 Å². The van der Waals surface area contributed by atoms with Crippen LogP contribution in [0.5, 0.6) is 0 Å². The van der Waals surface area contributed by atoms with E-state index < -0.39 is 36.6 Å². The Labute approximate surface area is 217 Å². The van der Waals surface area contributed by atoms with Crippen molar-refractivity contribution in [3.63, 3.8) is 0 Å². The lowest BCUT2D eigenvalue weighted by molar-refractivity contribution is -0.130. The molecule has 0 bridgehead atoms. The Bertz CT molecular complexity index is 1310. The number of rotatable bonds is 5. The summed E-state index contributed by atoms with van der Waals surface area (Å²) in [4.78, 5) is 18.9. The summed E-state index contributed by atoms with van der Waals surface area (Å²) in [5.41, 5.74) is 8.44. The Balaban J connectivity index is 1.12. The van der Waals surface area contributed by atoms with Crippen molar-refractivity contribution >= 4 is 11.6 Å². The van der Waals surface area contributed by atoms with Gasteiger partial charge in [0.25, 0.3) is 5.92 Å². The number of nitrogens with one attached hydrogen (secondary N) is 3. The van der Waals surface area contributed by atoms with E-state index in [-0.39, 0.29) is 48.5 Å². The van der Waals surface area contributed by atoms with Gasteiger partial charge in [-0.3, -0.25) is 15.1 Å². The molecule has 4 unspecified atom stereocenters. The third-order valence-corrected chi connectivity index (χ3v) is 8.16. The number of nitrogens with zero attached hydrogens (tertiary/aromatic N) is 3. The number of fused-ring (bicyclic) bond motifs is 2. The lowest BCUT2D eigenvalue weighted by Crippen LogP contribution is -2.56. The third kappa shape index (κ3) is 5.02. The van der Waals surface area contributed by atoms with E-state index in [1.165, 1.54) is 11.0 Å². The van der Waals surface area contributed by atoms with Crippen molar-refractivity contribution in [1.29, 1.82) is 0 Å². The van der Waals surface area contributed by atoms with Gasteiger partial charge in [0.15, 0.2) is 0 Å². The monoisotopic (exact) mass is 530 g/mol. The van der Waals surface area contributed by atoms with Gasteiger partial charge in [0.05, 0.1) is 12.6 Å². The number of hydrogen-bond donors (Lipinski definition) is 3. The largest absolute Gasteiger partial charge is 0.352 e. The molecular weight excluding hydrogens is 500 g/mol. The maximum absolute atomic E-state index is 14.6. The Morgan fingerprint density at radius 2 is 1.95 bits per heavy atom. The van der Waals surface area contributed by atoms with Crippen LogP contribution in [-0.4, -0.2) is 51.3 Å². The average Bonchev–Trinajstić information content (AvgIpc) is 3.51. The number of imidazole rings is 1. The van der Waals surface area contributed by atoms with Crippen LogP contribution in [0.25, 0.3) is 5.65 Å². The molecule has 0 spiro atoms. The van der Waals surface area contributed by atoms with Crippen molar-refractivity contribution in [3.05, 3.63) is 71.7 Å². The predicted molar refractivity (Wildman–Crippen MR) is 132 cm³/mol. The number of aromatic nitrogens is 2. The normalized spacial score (nSPS) is 29.3. The van der Waals surface area contributed by atoms with E-state index in [2.05, 4.69) is 21.2 Å². The molecular formula is C27H30F4N6O. The van der Waals surface area contributed by atoms with Gasteiger partial charge in [-0.1, -0.05) is 12.1 Å². The molecule has 4 heterocycles. The van der Waals surface area contributed by atoms with Gasteiger partial charge in [-0.05, 0) is 48.9 Å². The first kappa shape index (κ1) is 25.3. The Morgan fingerprint density at radius 3 is 2.76 bits per heavy atom. The van der Waals surface area contributed by atoms with E-state index >= 15 is 0 Å². The van der Waals surface area contributed by atoms with Crippen LogP contribution in [0.4, 0.5) is 17.6 Å². The summed E-state index contributed by atoms with van der Waals surface area (Å²) in [7, 11) is 0. The van der Waals surface area contributed by atoms with Crippen LogP contribution in [0.3, 0.4) is 0 Å². The van der Waals surface area contributed by atoms with Crippen LogP contribution in [0.15, 0.2) is 48.9 Å². The van der Waals surface area contributed by atoms with Gasteiger partial charge in [0.2, 0.25) is 5.91 Å². The molecule has 7 nitrogen and oxygen atoms in total. The number of hydrogen-bond acceptors (Lipinski definition) is 5. The molecule has 1 amide bonds. The second-order valence-corrected chi connectivity index (χ2v) is 10.8. The van der Waals surface area contributed by atoms with Crippen molar-refractivity contribution in [2.75, 3.05) is 13.1 Å². The molecule has 2 aliphatic heterocycles. The lowest BCUT2D eigenvalue weighted by Gasteiger charge is -2.39. The summed E-state index contributed by atoms with van der Waals surface area (Å²) in [5.74, 6) is -4.99. The molecule has 1 aliphatic carbocycles. The first-order chi connectivity index (χ1) is 18.3. The van der Waals surface area contributed by atoms with Crippen molar-refractivity contribution in [1.82, 2.24) is 30.5 Å². The molecule has 0 radical (unpaired) electrons. The van der Waals surface area contributed by atoms with Crippen LogP contribution >= 0.6 is 0 Å². The SMILES string of the molecule is O=C(N[C@H]1CN(Cc2c(F)cccc2F)CC(F)(F)C1)C1CCC2NNC(c3ccc4nccn4c3)C2C1. The molecule has 2 aromatic heterocycles. The number of benzene rings is 1. The van der Waals surface area contributed by atoms with Gasteiger partial charge in [0.1, 0.15) is 17.3 Å². The highest BCUT2D eigenvalue weighted by atomic mass is 19.3. The zero-order valence-corrected chi connectivity index (χ0v) is 20.7. The third-order valence-electron chi connectivity index (χ3n) is 8.16. The lowest BCUT2D eigenvalue weighted by atomic mass is 9.74. The summed E-state index contributed by atoms with van der Waals surface area (Å²) >= 11 is 0. The number of alkyl halides is 2. The topological polar surface area (TPSA) is 73.7 Å². The maximum Gasteiger partial charge on any atom is 0.262 e. The first-order valence-corrected chi connectivity index (χ1v) is 13.0. The zero-order valence-electron chi connectivity index (χ0n) is 20.7.